The van der Waals surface area contributed by atoms with E-state index >= 15 is 0 Å². The summed E-state index contributed by atoms with van der Waals surface area (Å²) in [6, 6.07) is 7.66. The lowest BCUT2D eigenvalue weighted by Crippen LogP contribution is -2.37. The Morgan fingerprint density at radius 1 is 1.30 bits per heavy atom. The van der Waals surface area contributed by atoms with Crippen LogP contribution in [0.2, 0.25) is 5.02 Å². The number of para-hydroxylation sites is 1. The Kier molecular flexibility index (Phi) is 6.64. The van der Waals surface area contributed by atoms with Gasteiger partial charge in [0.25, 0.3) is 0 Å². The maximum atomic E-state index is 6.08. The standard InChI is InChI=1S/C16H25ClN2O/c1-2-19(13-14-7-9-18-10-8-14)11-12-20-16-6-4-3-5-15(16)17/h3-6,14,18H,2,7-13H2,1H3. The predicted octanol–water partition coefficient (Wildman–Crippen LogP) is 3.04. The molecule has 2 rings (SSSR count). The van der Waals surface area contributed by atoms with E-state index in [0.29, 0.717) is 11.6 Å². The summed E-state index contributed by atoms with van der Waals surface area (Å²) in [5.41, 5.74) is 0. The minimum Gasteiger partial charge on any atom is -0.491 e. The van der Waals surface area contributed by atoms with Crippen molar-refractivity contribution in [2.75, 3.05) is 39.3 Å². The van der Waals surface area contributed by atoms with Crippen molar-refractivity contribution < 1.29 is 4.74 Å². The van der Waals surface area contributed by atoms with Crippen molar-refractivity contribution in [2.45, 2.75) is 19.8 Å². The van der Waals surface area contributed by atoms with Crippen LogP contribution in [-0.4, -0.2) is 44.2 Å². The number of hydrogen-bond acceptors (Lipinski definition) is 3. The Morgan fingerprint density at radius 2 is 2.05 bits per heavy atom. The second-order valence-corrected chi connectivity index (χ2v) is 5.77. The number of piperidine rings is 1. The Hall–Kier alpha value is -0.770. The first kappa shape index (κ1) is 15.6. The maximum absolute atomic E-state index is 6.08. The summed E-state index contributed by atoms with van der Waals surface area (Å²) in [6.07, 6.45) is 2.59. The van der Waals surface area contributed by atoms with Crippen LogP contribution in [-0.2, 0) is 0 Å². The third-order valence-electron chi connectivity index (χ3n) is 3.92. The van der Waals surface area contributed by atoms with Crippen molar-refractivity contribution >= 4 is 11.6 Å². The molecule has 0 aliphatic carbocycles. The largest absolute Gasteiger partial charge is 0.491 e. The Labute approximate surface area is 127 Å². The molecule has 0 bridgehead atoms. The number of nitrogens with one attached hydrogen (secondary N) is 1. The van der Waals surface area contributed by atoms with E-state index in [-0.39, 0.29) is 0 Å². The van der Waals surface area contributed by atoms with Crippen LogP contribution in [0.3, 0.4) is 0 Å². The number of nitrogens with zero attached hydrogens (tertiary/aromatic N) is 1. The lowest BCUT2D eigenvalue weighted by molar-refractivity contribution is 0.178. The first-order valence-corrected chi connectivity index (χ1v) is 7.97. The predicted molar refractivity (Wildman–Crippen MR) is 84.7 cm³/mol. The molecule has 1 fully saturated rings. The van der Waals surface area contributed by atoms with Crippen LogP contribution in [0.4, 0.5) is 0 Å². The van der Waals surface area contributed by atoms with E-state index in [9.17, 15) is 0 Å². The van der Waals surface area contributed by atoms with Crippen molar-refractivity contribution in [1.82, 2.24) is 10.2 Å². The topological polar surface area (TPSA) is 24.5 Å². The molecule has 4 heteroatoms. The summed E-state index contributed by atoms with van der Waals surface area (Å²) < 4.78 is 5.77. The fourth-order valence-corrected chi connectivity index (χ4v) is 2.84. The summed E-state index contributed by atoms with van der Waals surface area (Å²) in [5, 5.41) is 4.11. The number of rotatable bonds is 7. The van der Waals surface area contributed by atoms with E-state index in [4.69, 9.17) is 16.3 Å². The molecule has 1 saturated heterocycles. The summed E-state index contributed by atoms with van der Waals surface area (Å²) in [5.74, 6) is 1.61. The van der Waals surface area contributed by atoms with Crippen LogP contribution in [0.5, 0.6) is 5.75 Å². The van der Waals surface area contributed by atoms with Crippen molar-refractivity contribution in [2.24, 2.45) is 5.92 Å². The number of benzene rings is 1. The number of halogens is 1. The van der Waals surface area contributed by atoms with E-state index in [0.717, 1.165) is 24.8 Å². The van der Waals surface area contributed by atoms with Crippen LogP contribution in [0, 0.1) is 5.92 Å². The quantitative estimate of drug-likeness (QED) is 0.837. The van der Waals surface area contributed by atoms with Crippen molar-refractivity contribution in [3.63, 3.8) is 0 Å². The molecule has 20 heavy (non-hydrogen) atoms. The second-order valence-electron chi connectivity index (χ2n) is 5.37. The van der Waals surface area contributed by atoms with Crippen molar-refractivity contribution in [1.29, 1.82) is 0 Å². The van der Waals surface area contributed by atoms with Crippen LogP contribution in [0.1, 0.15) is 19.8 Å². The molecule has 1 N–H and O–H groups in total. The average Bonchev–Trinajstić information content (AvgIpc) is 2.49. The van der Waals surface area contributed by atoms with Crippen molar-refractivity contribution in [3.8, 4) is 5.75 Å². The first-order chi connectivity index (χ1) is 9.79. The lowest BCUT2D eigenvalue weighted by atomic mass is 9.97. The van der Waals surface area contributed by atoms with Gasteiger partial charge in [-0.25, -0.2) is 0 Å². The first-order valence-electron chi connectivity index (χ1n) is 7.60. The molecule has 0 amide bonds. The maximum Gasteiger partial charge on any atom is 0.137 e. The third-order valence-corrected chi connectivity index (χ3v) is 4.24. The molecule has 112 valence electrons. The molecule has 3 nitrogen and oxygen atoms in total. The van der Waals surface area contributed by atoms with E-state index in [1.165, 1.54) is 32.5 Å². The average molecular weight is 297 g/mol. The number of hydrogen-bond donors (Lipinski definition) is 1. The monoisotopic (exact) mass is 296 g/mol. The van der Waals surface area contributed by atoms with E-state index in [2.05, 4.69) is 17.1 Å². The highest BCUT2D eigenvalue weighted by atomic mass is 35.5. The van der Waals surface area contributed by atoms with Crippen LogP contribution in [0.25, 0.3) is 0 Å². The summed E-state index contributed by atoms with van der Waals surface area (Å²) in [7, 11) is 0. The van der Waals surface area contributed by atoms with Crippen LogP contribution < -0.4 is 10.1 Å². The Bertz CT molecular complexity index is 394. The van der Waals surface area contributed by atoms with Gasteiger partial charge >= 0.3 is 0 Å². The minimum atomic E-state index is 0.689. The molecule has 1 aromatic rings. The zero-order valence-corrected chi connectivity index (χ0v) is 13.0. The molecular weight excluding hydrogens is 272 g/mol. The van der Waals surface area contributed by atoms with Crippen LogP contribution in [0.15, 0.2) is 24.3 Å². The minimum absolute atomic E-state index is 0.689. The lowest BCUT2D eigenvalue weighted by Gasteiger charge is -2.29. The van der Waals surface area contributed by atoms with Crippen molar-refractivity contribution in [3.05, 3.63) is 29.3 Å². The molecule has 0 atom stereocenters. The zero-order chi connectivity index (χ0) is 14.2. The molecule has 1 aromatic carbocycles. The van der Waals surface area contributed by atoms with Gasteiger partial charge in [-0.15, -0.1) is 0 Å². The molecule has 0 radical (unpaired) electrons. The Balaban J connectivity index is 1.72. The molecule has 1 aliphatic heterocycles. The fraction of sp³-hybridized carbons (Fsp3) is 0.625. The van der Waals surface area contributed by atoms with E-state index in [1.54, 1.807) is 0 Å². The highest BCUT2D eigenvalue weighted by Gasteiger charge is 2.16. The highest BCUT2D eigenvalue weighted by Crippen LogP contribution is 2.23. The normalized spacial score (nSPS) is 16.6. The van der Waals surface area contributed by atoms with Gasteiger partial charge in [0.15, 0.2) is 0 Å². The zero-order valence-electron chi connectivity index (χ0n) is 12.3. The summed E-state index contributed by atoms with van der Waals surface area (Å²) >= 11 is 6.08. The molecule has 0 aromatic heterocycles. The molecule has 0 unspecified atom stereocenters. The van der Waals surface area contributed by atoms with Gasteiger partial charge in [-0.05, 0) is 50.5 Å². The third kappa shape index (κ3) is 4.97. The smallest absolute Gasteiger partial charge is 0.137 e. The second kappa shape index (κ2) is 8.50. The highest BCUT2D eigenvalue weighted by molar-refractivity contribution is 6.32. The van der Waals surface area contributed by atoms with Gasteiger partial charge in [0.2, 0.25) is 0 Å². The van der Waals surface area contributed by atoms with Gasteiger partial charge in [0, 0.05) is 13.1 Å². The summed E-state index contributed by atoms with van der Waals surface area (Å²) in [6.45, 7) is 8.47. The molecule has 0 saturated carbocycles. The molecule has 0 spiro atoms. The number of likely N-dealkylation sites (N-methyl/N-ethyl adjacent to an activating group) is 1. The van der Waals surface area contributed by atoms with E-state index in [1.807, 2.05) is 24.3 Å². The van der Waals surface area contributed by atoms with Crippen LogP contribution >= 0.6 is 11.6 Å². The van der Waals surface area contributed by atoms with Gasteiger partial charge in [-0.2, -0.15) is 0 Å². The fourth-order valence-electron chi connectivity index (χ4n) is 2.65. The molecule has 1 aliphatic rings. The van der Waals surface area contributed by atoms with Gasteiger partial charge < -0.3 is 10.1 Å². The molecule has 1 heterocycles. The van der Waals surface area contributed by atoms with Gasteiger partial charge in [-0.1, -0.05) is 30.7 Å². The van der Waals surface area contributed by atoms with Gasteiger partial charge in [0.05, 0.1) is 5.02 Å². The Morgan fingerprint density at radius 3 is 2.75 bits per heavy atom. The van der Waals surface area contributed by atoms with E-state index < -0.39 is 0 Å². The van der Waals surface area contributed by atoms with Gasteiger partial charge in [-0.3, -0.25) is 4.90 Å². The van der Waals surface area contributed by atoms with Gasteiger partial charge in [0.1, 0.15) is 12.4 Å². The SMILES string of the molecule is CCN(CCOc1ccccc1Cl)CC1CCNCC1. The molecular formula is C16H25ClN2O. The number of ether oxygens (including phenoxy) is 1. The summed E-state index contributed by atoms with van der Waals surface area (Å²) in [4.78, 5) is 2.48.